The molecule has 0 aliphatic carbocycles. The van der Waals surface area contributed by atoms with Crippen molar-refractivity contribution < 1.29 is 9.47 Å². The van der Waals surface area contributed by atoms with Crippen LogP contribution in [0.25, 0.3) is 0 Å². The average Bonchev–Trinajstić information content (AvgIpc) is 3.74. The van der Waals surface area contributed by atoms with E-state index in [1.807, 2.05) is 12.4 Å². The van der Waals surface area contributed by atoms with Gasteiger partial charge < -0.3 is 9.47 Å². The molecule has 0 bridgehead atoms. The maximum Gasteiger partial charge on any atom is 0.169 e. The van der Waals surface area contributed by atoms with Crippen LogP contribution in [0, 0.1) is 0 Å². The fourth-order valence-corrected chi connectivity index (χ4v) is 7.92. The zero-order chi connectivity index (χ0) is 38.2. The third kappa shape index (κ3) is 21.3. The Morgan fingerprint density at radius 2 is 1.00 bits per heavy atom. The van der Waals surface area contributed by atoms with Crippen molar-refractivity contribution in [3.8, 4) is 0 Å². The number of nitrogens with zero attached hydrogens (tertiary/aromatic N) is 3. The topological polar surface area (TPSA) is 37.8 Å². The smallest absolute Gasteiger partial charge is 0.169 e. The third-order valence-electron chi connectivity index (χ3n) is 11.4. The highest BCUT2D eigenvalue weighted by atomic mass is 16.8. The summed E-state index contributed by atoms with van der Waals surface area (Å²) in [7, 11) is 2.21. The molecule has 2 atom stereocenters. The van der Waals surface area contributed by atoms with Crippen molar-refractivity contribution in [2.75, 3.05) is 26.7 Å². The van der Waals surface area contributed by atoms with Crippen molar-refractivity contribution in [3.05, 3.63) is 78.7 Å². The Bertz CT molecular complexity index is 1070. The summed E-state index contributed by atoms with van der Waals surface area (Å²) in [6.45, 7) is 7.41. The quantitative estimate of drug-likeness (QED) is 0.0519. The van der Waals surface area contributed by atoms with Crippen molar-refractivity contribution in [1.82, 2.24) is 15.0 Å². The first kappa shape index (κ1) is 46.3. The lowest BCUT2D eigenvalue weighted by atomic mass is 9.98. The van der Waals surface area contributed by atoms with Gasteiger partial charge in [-0.2, -0.15) is 0 Å². The summed E-state index contributed by atoms with van der Waals surface area (Å²) in [4.78, 5) is 4.17. The minimum Gasteiger partial charge on any atom is -0.343 e. The van der Waals surface area contributed by atoms with E-state index in [0.29, 0.717) is 0 Å². The summed E-state index contributed by atoms with van der Waals surface area (Å²) in [5.41, 5.74) is 1.34. The molecule has 5 nitrogen and oxygen atoms in total. The van der Waals surface area contributed by atoms with Gasteiger partial charge in [-0.25, -0.2) is 10.0 Å². The standard InChI is InChI=1S/C49H83N3O2/c1-4-6-8-10-12-14-16-18-20-22-24-26-28-30-32-34-39-49(40-35-33-31-29-27-25-23-21-19-17-15-13-11-9-7-5-2)53-47-44-52(45-48(47)54-49)51(3)43-38-46-36-41-50-42-37-46/h12-15,18-21,36-37,41-42,47-48H,4-11,16-17,22-35,38-40,43-45H2,1-3H3/b14-12-,15-13-,20-18-,21-19-/t47-,48+. The molecule has 0 aromatic carbocycles. The van der Waals surface area contributed by atoms with Crippen LogP contribution in [0.2, 0.25) is 0 Å². The van der Waals surface area contributed by atoms with Crippen LogP contribution in [0.5, 0.6) is 0 Å². The number of hydrogen-bond acceptors (Lipinski definition) is 5. The number of aromatic nitrogens is 1. The summed E-state index contributed by atoms with van der Waals surface area (Å²) in [5, 5.41) is 4.82. The van der Waals surface area contributed by atoms with Gasteiger partial charge in [-0.05, 0) is 101 Å². The van der Waals surface area contributed by atoms with Gasteiger partial charge in [0.25, 0.3) is 0 Å². The van der Waals surface area contributed by atoms with E-state index in [1.165, 1.54) is 147 Å². The molecule has 2 fully saturated rings. The molecule has 5 heteroatoms. The van der Waals surface area contributed by atoms with Crippen LogP contribution in [0.3, 0.4) is 0 Å². The van der Waals surface area contributed by atoms with Gasteiger partial charge in [-0.3, -0.25) is 4.98 Å². The van der Waals surface area contributed by atoms with Crippen LogP contribution in [0.4, 0.5) is 0 Å². The van der Waals surface area contributed by atoms with Crippen molar-refractivity contribution in [2.24, 2.45) is 0 Å². The highest BCUT2D eigenvalue weighted by Gasteiger charge is 2.51. The van der Waals surface area contributed by atoms with Gasteiger partial charge in [0.1, 0.15) is 12.2 Å². The number of hydrogen-bond donors (Lipinski definition) is 0. The van der Waals surface area contributed by atoms with Crippen LogP contribution in [-0.2, 0) is 15.9 Å². The lowest BCUT2D eigenvalue weighted by molar-refractivity contribution is -0.201. The highest BCUT2D eigenvalue weighted by Crippen LogP contribution is 2.41. The Morgan fingerprint density at radius 1 is 0.593 bits per heavy atom. The average molecular weight is 746 g/mol. The second-order valence-electron chi connectivity index (χ2n) is 16.3. The van der Waals surface area contributed by atoms with E-state index >= 15 is 0 Å². The SMILES string of the molecule is CCCCC/C=C\C/C=C\CCCCCCCCC1(CCCCCCCC/C=C\C/C=C\CCCCC)O[C@H]2CN(N(C)CCc3ccncc3)C[C@H]2O1. The second-order valence-corrected chi connectivity index (χ2v) is 16.3. The summed E-state index contributed by atoms with van der Waals surface area (Å²) >= 11 is 0. The molecular formula is C49H83N3O2. The number of ether oxygens (including phenoxy) is 2. The Balaban J connectivity index is 1.31. The number of hydrazine groups is 1. The van der Waals surface area contributed by atoms with Crippen LogP contribution in [-0.4, -0.2) is 59.7 Å². The number of unbranched alkanes of at least 4 members (excludes halogenated alkanes) is 18. The normalized spacial score (nSPS) is 18.9. The molecule has 1 aromatic heterocycles. The molecule has 3 rings (SSSR count). The van der Waals surface area contributed by atoms with Gasteiger partial charge in [-0.15, -0.1) is 0 Å². The minimum absolute atomic E-state index is 0.183. The second kappa shape index (κ2) is 31.1. The Morgan fingerprint density at radius 3 is 1.44 bits per heavy atom. The van der Waals surface area contributed by atoms with Crippen molar-refractivity contribution in [2.45, 2.75) is 205 Å². The summed E-state index contributed by atoms with van der Waals surface area (Å²) in [5.74, 6) is -0.373. The van der Waals surface area contributed by atoms with Crippen molar-refractivity contribution in [3.63, 3.8) is 0 Å². The van der Waals surface area contributed by atoms with Gasteiger partial charge in [0.05, 0.1) is 0 Å². The summed E-state index contributed by atoms with van der Waals surface area (Å²) < 4.78 is 13.9. The molecule has 54 heavy (non-hydrogen) atoms. The molecule has 0 N–H and O–H groups in total. The number of likely N-dealkylation sites (N-methyl/N-ethyl adjacent to an activating group) is 1. The van der Waals surface area contributed by atoms with E-state index in [-0.39, 0.29) is 18.0 Å². The number of pyridine rings is 1. The molecule has 306 valence electrons. The molecule has 0 spiro atoms. The van der Waals surface area contributed by atoms with E-state index in [0.717, 1.165) is 51.7 Å². The van der Waals surface area contributed by atoms with Crippen molar-refractivity contribution in [1.29, 1.82) is 0 Å². The maximum absolute atomic E-state index is 6.94. The fraction of sp³-hybridized carbons (Fsp3) is 0.735. The fourth-order valence-electron chi connectivity index (χ4n) is 7.92. The zero-order valence-electron chi connectivity index (χ0n) is 35.5. The molecule has 0 saturated carbocycles. The summed E-state index contributed by atoms with van der Waals surface area (Å²) in [6.07, 6.45) is 56.9. The van der Waals surface area contributed by atoms with Crippen molar-refractivity contribution >= 4 is 0 Å². The Hall–Kier alpha value is -2.05. The maximum atomic E-state index is 6.94. The summed E-state index contributed by atoms with van der Waals surface area (Å²) in [6, 6.07) is 4.24. The number of fused-ring (bicyclic) bond motifs is 1. The first-order valence-electron chi connectivity index (χ1n) is 23.0. The molecule has 1 aromatic rings. The van der Waals surface area contributed by atoms with E-state index < -0.39 is 0 Å². The number of allylic oxidation sites excluding steroid dienone is 8. The molecule has 0 unspecified atom stereocenters. The van der Waals surface area contributed by atoms with Crippen LogP contribution in [0.1, 0.15) is 186 Å². The first-order chi connectivity index (χ1) is 26.7. The zero-order valence-corrected chi connectivity index (χ0v) is 35.5. The van der Waals surface area contributed by atoms with E-state index in [2.05, 4.69) is 96.6 Å². The first-order valence-corrected chi connectivity index (χ1v) is 23.0. The van der Waals surface area contributed by atoms with Gasteiger partial charge in [0.15, 0.2) is 5.79 Å². The van der Waals surface area contributed by atoms with E-state index in [4.69, 9.17) is 9.47 Å². The molecule has 3 heterocycles. The predicted molar refractivity (Wildman–Crippen MR) is 233 cm³/mol. The highest BCUT2D eigenvalue weighted by molar-refractivity contribution is 5.10. The van der Waals surface area contributed by atoms with E-state index in [9.17, 15) is 0 Å². The van der Waals surface area contributed by atoms with E-state index in [1.54, 1.807) is 0 Å². The van der Waals surface area contributed by atoms with Crippen LogP contribution in [0.15, 0.2) is 73.1 Å². The molecular weight excluding hydrogens is 663 g/mol. The van der Waals surface area contributed by atoms with Gasteiger partial charge >= 0.3 is 0 Å². The van der Waals surface area contributed by atoms with Gasteiger partial charge in [-0.1, -0.05) is 140 Å². The lowest BCUT2D eigenvalue weighted by Crippen LogP contribution is -2.43. The monoisotopic (exact) mass is 746 g/mol. The van der Waals surface area contributed by atoms with Gasteiger partial charge in [0.2, 0.25) is 0 Å². The molecule has 0 amide bonds. The Labute approximate surface area is 334 Å². The predicted octanol–water partition coefficient (Wildman–Crippen LogP) is 13.7. The lowest BCUT2D eigenvalue weighted by Gasteiger charge is -2.33. The van der Waals surface area contributed by atoms with Crippen LogP contribution < -0.4 is 0 Å². The Kier molecular flexibility index (Phi) is 26.7. The minimum atomic E-state index is -0.373. The molecule has 2 aliphatic heterocycles. The van der Waals surface area contributed by atoms with Crippen LogP contribution >= 0.6 is 0 Å². The molecule has 2 aliphatic rings. The third-order valence-corrected chi connectivity index (χ3v) is 11.4. The largest absolute Gasteiger partial charge is 0.343 e. The molecule has 2 saturated heterocycles. The van der Waals surface area contributed by atoms with Gasteiger partial charge in [0, 0.05) is 51.9 Å². The molecule has 0 radical (unpaired) electrons. The number of rotatable bonds is 34.